The Hall–Kier alpha value is -3.15. The van der Waals surface area contributed by atoms with Gasteiger partial charge in [-0.3, -0.25) is 4.79 Å². The number of fused-ring (bicyclic) bond motifs is 1. The van der Waals surface area contributed by atoms with Crippen LogP contribution in [0.3, 0.4) is 0 Å². The first-order valence-corrected chi connectivity index (χ1v) is 9.14. The molecular formula is C22H23FN2O3. The molecule has 1 aromatic heterocycles. The van der Waals surface area contributed by atoms with E-state index in [-0.39, 0.29) is 16.9 Å². The van der Waals surface area contributed by atoms with E-state index in [4.69, 9.17) is 0 Å². The molecule has 5 nitrogen and oxygen atoms in total. The number of aromatic nitrogens is 1. The fraction of sp³-hybridized carbons (Fsp3) is 0.273. The van der Waals surface area contributed by atoms with E-state index < -0.39 is 17.2 Å². The highest BCUT2D eigenvalue weighted by Gasteiger charge is 2.25. The number of hydrogen-bond acceptors (Lipinski definition) is 3. The Labute approximate surface area is 162 Å². The highest BCUT2D eigenvalue weighted by atomic mass is 19.1. The number of anilines is 1. The summed E-state index contributed by atoms with van der Waals surface area (Å²) in [7, 11) is 1.76. The Kier molecular flexibility index (Phi) is 5.49. The van der Waals surface area contributed by atoms with Gasteiger partial charge < -0.3 is 14.6 Å². The number of hydrogen-bond donors (Lipinski definition) is 1. The number of carbonyl (C=O) groups is 1. The van der Waals surface area contributed by atoms with Crippen molar-refractivity contribution in [3.8, 4) is 0 Å². The molecule has 0 aliphatic rings. The van der Waals surface area contributed by atoms with Gasteiger partial charge in [0.1, 0.15) is 17.2 Å². The molecule has 28 heavy (non-hydrogen) atoms. The first kappa shape index (κ1) is 19.6. The van der Waals surface area contributed by atoms with Crippen LogP contribution in [0.2, 0.25) is 0 Å². The minimum Gasteiger partial charge on any atom is -0.477 e. The Bertz CT molecular complexity index is 1070. The number of halogens is 1. The van der Waals surface area contributed by atoms with E-state index in [0.717, 1.165) is 11.6 Å². The Morgan fingerprint density at radius 2 is 1.86 bits per heavy atom. The number of benzene rings is 2. The second-order valence-electron chi connectivity index (χ2n) is 7.34. The van der Waals surface area contributed by atoms with Gasteiger partial charge >= 0.3 is 5.97 Å². The molecule has 0 atom stereocenters. The number of carboxylic acid groups (broad SMARTS) is 1. The third kappa shape index (κ3) is 3.76. The number of nitrogens with zero attached hydrogens (tertiary/aromatic N) is 2. The van der Waals surface area contributed by atoms with E-state index in [1.807, 2.05) is 48.7 Å². The van der Waals surface area contributed by atoms with Crippen LogP contribution in [0.4, 0.5) is 10.2 Å². The lowest BCUT2D eigenvalue weighted by molar-refractivity contribution is 0.0695. The van der Waals surface area contributed by atoms with Crippen LogP contribution in [0.15, 0.2) is 53.3 Å². The maximum absolute atomic E-state index is 13.8. The monoisotopic (exact) mass is 382 g/mol. The molecular weight excluding hydrogens is 359 g/mol. The normalized spacial score (nSPS) is 11.2. The molecule has 1 N–H and O–H groups in total. The maximum Gasteiger partial charge on any atom is 0.343 e. The van der Waals surface area contributed by atoms with E-state index in [1.165, 1.54) is 6.07 Å². The summed E-state index contributed by atoms with van der Waals surface area (Å²) in [6.07, 6.45) is 0. The summed E-state index contributed by atoms with van der Waals surface area (Å²) in [6, 6.07) is 13.6. The lowest BCUT2D eigenvalue weighted by Gasteiger charge is -2.28. The summed E-state index contributed by atoms with van der Waals surface area (Å²) in [4.78, 5) is 26.8. The van der Waals surface area contributed by atoms with Gasteiger partial charge in [0.2, 0.25) is 5.43 Å². The van der Waals surface area contributed by atoms with Gasteiger partial charge in [-0.05, 0) is 29.7 Å². The van der Waals surface area contributed by atoms with Gasteiger partial charge in [0.15, 0.2) is 0 Å². The Morgan fingerprint density at radius 1 is 1.18 bits per heavy atom. The first-order valence-electron chi connectivity index (χ1n) is 9.14. The summed E-state index contributed by atoms with van der Waals surface area (Å²) in [5.74, 6) is -1.36. The lowest BCUT2D eigenvalue weighted by atomic mass is 10.1. The van der Waals surface area contributed by atoms with Crippen LogP contribution >= 0.6 is 0 Å². The van der Waals surface area contributed by atoms with E-state index in [0.29, 0.717) is 24.4 Å². The Morgan fingerprint density at radius 3 is 2.46 bits per heavy atom. The van der Waals surface area contributed by atoms with Crippen molar-refractivity contribution in [3.05, 3.63) is 75.7 Å². The topological polar surface area (TPSA) is 62.5 Å². The molecule has 3 aromatic rings. The van der Waals surface area contributed by atoms with Crippen LogP contribution in [-0.2, 0) is 13.1 Å². The van der Waals surface area contributed by atoms with Gasteiger partial charge in [0, 0.05) is 25.5 Å². The zero-order chi connectivity index (χ0) is 20.4. The number of aromatic carboxylic acids is 1. The minimum absolute atomic E-state index is 0.0786. The number of rotatable bonds is 6. The average Bonchev–Trinajstić information content (AvgIpc) is 2.63. The van der Waals surface area contributed by atoms with Crippen LogP contribution in [0.5, 0.6) is 0 Å². The van der Waals surface area contributed by atoms with Gasteiger partial charge in [-0.15, -0.1) is 0 Å². The van der Waals surface area contributed by atoms with E-state index in [2.05, 4.69) is 0 Å². The second kappa shape index (κ2) is 7.84. The Balaban J connectivity index is 2.31. The maximum atomic E-state index is 13.8. The molecule has 0 aliphatic heterocycles. The van der Waals surface area contributed by atoms with Crippen molar-refractivity contribution in [3.63, 3.8) is 0 Å². The summed E-state index contributed by atoms with van der Waals surface area (Å²) in [5.41, 5.74) is 0.512. The van der Waals surface area contributed by atoms with Crippen molar-refractivity contribution in [1.82, 2.24) is 4.57 Å². The molecule has 0 radical (unpaired) electrons. The van der Waals surface area contributed by atoms with Gasteiger partial charge in [-0.1, -0.05) is 44.2 Å². The predicted octanol–water partition coefficient (Wildman–Crippen LogP) is 4.13. The third-order valence-corrected chi connectivity index (χ3v) is 4.59. The van der Waals surface area contributed by atoms with Crippen molar-refractivity contribution in [2.24, 2.45) is 5.92 Å². The molecule has 0 aliphatic carbocycles. The summed E-state index contributed by atoms with van der Waals surface area (Å²) in [5, 5.41) is 9.89. The number of carboxylic acids is 1. The predicted molar refractivity (Wildman–Crippen MR) is 109 cm³/mol. The minimum atomic E-state index is -1.32. The van der Waals surface area contributed by atoms with Gasteiger partial charge in [0.05, 0.1) is 5.52 Å². The standard InChI is InChI=1S/C22H23FN2O3/c1-14(2)12-25-18-10-9-16(23)11-17(18)20(26)19(22(27)28)21(25)24(3)13-15-7-5-4-6-8-15/h4-11,14H,12-13H2,1-3H3,(H,27,28). The van der Waals surface area contributed by atoms with Crippen LogP contribution in [0.1, 0.15) is 29.8 Å². The molecule has 0 unspecified atom stereocenters. The van der Waals surface area contributed by atoms with Crippen LogP contribution in [0.25, 0.3) is 10.9 Å². The van der Waals surface area contributed by atoms with Crippen molar-refractivity contribution >= 4 is 22.7 Å². The van der Waals surface area contributed by atoms with Crippen molar-refractivity contribution in [2.45, 2.75) is 26.9 Å². The second-order valence-corrected chi connectivity index (χ2v) is 7.34. The van der Waals surface area contributed by atoms with E-state index >= 15 is 0 Å². The van der Waals surface area contributed by atoms with Crippen molar-refractivity contribution < 1.29 is 14.3 Å². The third-order valence-electron chi connectivity index (χ3n) is 4.59. The fourth-order valence-corrected chi connectivity index (χ4v) is 3.48. The average molecular weight is 382 g/mol. The van der Waals surface area contributed by atoms with Crippen LogP contribution < -0.4 is 10.3 Å². The van der Waals surface area contributed by atoms with E-state index in [1.54, 1.807) is 18.0 Å². The van der Waals surface area contributed by atoms with Crippen molar-refractivity contribution in [2.75, 3.05) is 11.9 Å². The molecule has 146 valence electrons. The van der Waals surface area contributed by atoms with Crippen LogP contribution in [0, 0.1) is 11.7 Å². The SMILES string of the molecule is CC(C)Cn1c(N(C)Cc2ccccc2)c(C(=O)O)c(=O)c2cc(F)ccc21. The molecule has 0 saturated carbocycles. The zero-order valence-corrected chi connectivity index (χ0v) is 16.1. The largest absolute Gasteiger partial charge is 0.477 e. The quantitative estimate of drug-likeness (QED) is 0.696. The molecule has 3 rings (SSSR count). The van der Waals surface area contributed by atoms with Gasteiger partial charge in [-0.25, -0.2) is 9.18 Å². The molecule has 0 bridgehead atoms. The molecule has 1 heterocycles. The molecule has 6 heteroatoms. The first-order chi connectivity index (χ1) is 13.3. The molecule has 0 fully saturated rings. The van der Waals surface area contributed by atoms with E-state index in [9.17, 15) is 19.1 Å². The summed E-state index contributed by atoms with van der Waals surface area (Å²) < 4.78 is 15.6. The summed E-state index contributed by atoms with van der Waals surface area (Å²) in [6.45, 7) is 4.95. The van der Waals surface area contributed by atoms with Gasteiger partial charge in [-0.2, -0.15) is 0 Å². The zero-order valence-electron chi connectivity index (χ0n) is 16.1. The van der Waals surface area contributed by atoms with Crippen molar-refractivity contribution in [1.29, 1.82) is 0 Å². The highest BCUT2D eigenvalue weighted by molar-refractivity contribution is 5.98. The van der Waals surface area contributed by atoms with Gasteiger partial charge in [0.25, 0.3) is 0 Å². The fourth-order valence-electron chi connectivity index (χ4n) is 3.48. The molecule has 0 spiro atoms. The highest BCUT2D eigenvalue weighted by Crippen LogP contribution is 2.27. The molecule has 0 saturated heterocycles. The number of pyridine rings is 1. The molecule has 2 aromatic carbocycles. The van der Waals surface area contributed by atoms with Crippen LogP contribution in [-0.4, -0.2) is 22.7 Å². The molecule has 0 amide bonds. The smallest absolute Gasteiger partial charge is 0.343 e. The summed E-state index contributed by atoms with van der Waals surface area (Å²) >= 11 is 0. The lowest BCUT2D eigenvalue weighted by Crippen LogP contribution is -2.30.